The van der Waals surface area contributed by atoms with Crippen LogP contribution in [0.1, 0.15) is 17.3 Å². The lowest BCUT2D eigenvalue weighted by Crippen LogP contribution is -2.30. The standard InChI is InChI=1S/C17H16N2O4S/c1-12-11-24(22,23)19(17(12)21)15-9-7-13(8-10-15)16(20)18-14-5-3-2-4-6-14/h2-10,12H,11H2,1H3,(H,18,20). The number of anilines is 2. The Morgan fingerprint density at radius 1 is 1.08 bits per heavy atom. The zero-order valence-corrected chi connectivity index (χ0v) is 13.8. The maximum Gasteiger partial charge on any atom is 0.255 e. The van der Waals surface area contributed by atoms with E-state index >= 15 is 0 Å². The molecule has 124 valence electrons. The molecule has 2 amide bonds. The van der Waals surface area contributed by atoms with Crippen molar-refractivity contribution in [2.24, 2.45) is 5.92 Å². The predicted molar refractivity (Wildman–Crippen MR) is 91.3 cm³/mol. The highest BCUT2D eigenvalue weighted by Gasteiger charge is 2.41. The van der Waals surface area contributed by atoms with Crippen LogP contribution in [0, 0.1) is 5.92 Å². The maximum atomic E-state index is 12.2. The molecule has 1 unspecified atom stereocenters. The van der Waals surface area contributed by atoms with Gasteiger partial charge in [0.2, 0.25) is 15.9 Å². The van der Waals surface area contributed by atoms with Gasteiger partial charge in [-0.15, -0.1) is 0 Å². The van der Waals surface area contributed by atoms with Gasteiger partial charge in [-0.1, -0.05) is 25.1 Å². The summed E-state index contributed by atoms with van der Waals surface area (Å²) in [5.41, 5.74) is 1.29. The summed E-state index contributed by atoms with van der Waals surface area (Å²) in [5, 5.41) is 2.74. The number of carbonyl (C=O) groups excluding carboxylic acids is 2. The molecule has 2 aromatic rings. The zero-order chi connectivity index (χ0) is 17.3. The number of para-hydroxylation sites is 1. The molecule has 0 saturated carbocycles. The SMILES string of the molecule is CC1CS(=O)(=O)N(c2ccc(C(=O)Nc3ccccc3)cc2)C1=O. The lowest BCUT2D eigenvalue weighted by molar-refractivity contribution is -0.119. The third-order valence-corrected chi connectivity index (χ3v) is 5.62. The van der Waals surface area contributed by atoms with Gasteiger partial charge in [-0.05, 0) is 36.4 Å². The normalized spacial score (nSPS) is 19.3. The molecule has 7 heteroatoms. The second kappa shape index (κ2) is 6.09. The molecule has 0 bridgehead atoms. The van der Waals surface area contributed by atoms with Crippen LogP contribution in [-0.2, 0) is 14.8 Å². The van der Waals surface area contributed by atoms with Gasteiger partial charge in [0.05, 0.1) is 17.4 Å². The number of nitrogens with one attached hydrogen (secondary N) is 1. The van der Waals surface area contributed by atoms with E-state index in [0.29, 0.717) is 11.3 Å². The van der Waals surface area contributed by atoms with E-state index in [1.807, 2.05) is 18.2 Å². The Morgan fingerprint density at radius 3 is 2.25 bits per heavy atom. The highest BCUT2D eigenvalue weighted by molar-refractivity contribution is 7.94. The quantitative estimate of drug-likeness (QED) is 0.926. The van der Waals surface area contributed by atoms with Crippen LogP contribution < -0.4 is 9.62 Å². The molecule has 0 spiro atoms. The summed E-state index contributed by atoms with van der Waals surface area (Å²) in [6.07, 6.45) is 0. The first-order chi connectivity index (χ1) is 11.4. The van der Waals surface area contributed by atoms with Gasteiger partial charge in [-0.25, -0.2) is 12.7 Å². The first-order valence-corrected chi connectivity index (χ1v) is 9.03. The fourth-order valence-corrected chi connectivity index (χ4v) is 4.38. The first kappa shape index (κ1) is 16.2. The fraction of sp³-hybridized carbons (Fsp3) is 0.176. The second-order valence-electron chi connectivity index (χ2n) is 5.65. The van der Waals surface area contributed by atoms with Crippen molar-refractivity contribution in [3.63, 3.8) is 0 Å². The van der Waals surface area contributed by atoms with Gasteiger partial charge in [-0.3, -0.25) is 9.59 Å². The minimum Gasteiger partial charge on any atom is -0.322 e. The minimum absolute atomic E-state index is 0.192. The first-order valence-electron chi connectivity index (χ1n) is 7.42. The highest BCUT2D eigenvalue weighted by atomic mass is 32.2. The van der Waals surface area contributed by atoms with Gasteiger partial charge < -0.3 is 5.32 Å². The number of rotatable bonds is 3. The van der Waals surface area contributed by atoms with E-state index in [1.54, 1.807) is 19.1 Å². The van der Waals surface area contributed by atoms with Crippen LogP contribution in [0.4, 0.5) is 11.4 Å². The molecule has 0 radical (unpaired) electrons. The lowest BCUT2D eigenvalue weighted by atomic mass is 10.1. The summed E-state index contributed by atoms with van der Waals surface area (Å²) in [6, 6.07) is 14.9. The molecule has 2 aromatic carbocycles. The van der Waals surface area contributed by atoms with Crippen LogP contribution >= 0.6 is 0 Å². The number of benzene rings is 2. The average Bonchev–Trinajstić information content (AvgIpc) is 2.76. The number of hydrogen-bond donors (Lipinski definition) is 1. The zero-order valence-electron chi connectivity index (χ0n) is 13.0. The fourth-order valence-electron chi connectivity index (χ4n) is 2.56. The molecule has 24 heavy (non-hydrogen) atoms. The average molecular weight is 344 g/mol. The van der Waals surface area contributed by atoms with Crippen LogP contribution in [-0.4, -0.2) is 26.0 Å². The Hall–Kier alpha value is -2.67. The van der Waals surface area contributed by atoms with E-state index in [0.717, 1.165) is 4.31 Å². The molecule has 0 aliphatic carbocycles. The number of amides is 2. The Kier molecular flexibility index (Phi) is 4.11. The van der Waals surface area contributed by atoms with Gasteiger partial charge >= 0.3 is 0 Å². The van der Waals surface area contributed by atoms with Crippen LogP contribution in [0.25, 0.3) is 0 Å². The smallest absolute Gasteiger partial charge is 0.255 e. The van der Waals surface area contributed by atoms with Crippen LogP contribution in [0.5, 0.6) is 0 Å². The molecule has 1 heterocycles. The van der Waals surface area contributed by atoms with Gasteiger partial charge in [0.15, 0.2) is 0 Å². The van der Waals surface area contributed by atoms with Gasteiger partial charge in [0.1, 0.15) is 0 Å². The van der Waals surface area contributed by atoms with Crippen molar-refractivity contribution in [3.05, 3.63) is 60.2 Å². The van der Waals surface area contributed by atoms with Crippen molar-refractivity contribution in [1.29, 1.82) is 0 Å². The molecule has 6 nitrogen and oxygen atoms in total. The summed E-state index contributed by atoms with van der Waals surface area (Å²) in [7, 11) is -3.64. The largest absolute Gasteiger partial charge is 0.322 e. The van der Waals surface area contributed by atoms with Gasteiger partial charge in [0, 0.05) is 11.3 Å². The van der Waals surface area contributed by atoms with Crippen molar-refractivity contribution < 1.29 is 18.0 Å². The summed E-state index contributed by atoms with van der Waals surface area (Å²) in [4.78, 5) is 24.2. The molecule has 3 rings (SSSR count). The summed E-state index contributed by atoms with van der Waals surface area (Å²) >= 11 is 0. The maximum absolute atomic E-state index is 12.2. The molecule has 1 atom stereocenters. The Morgan fingerprint density at radius 2 is 1.71 bits per heavy atom. The van der Waals surface area contributed by atoms with Gasteiger partial charge in [0.25, 0.3) is 5.91 Å². The third-order valence-electron chi connectivity index (χ3n) is 3.76. The molecule has 1 aliphatic heterocycles. The Labute approximate surface area is 140 Å². The number of sulfonamides is 1. The topological polar surface area (TPSA) is 83.6 Å². The Balaban J connectivity index is 1.81. The summed E-state index contributed by atoms with van der Waals surface area (Å²) < 4.78 is 25.0. The van der Waals surface area contributed by atoms with Gasteiger partial charge in [-0.2, -0.15) is 0 Å². The van der Waals surface area contributed by atoms with E-state index in [1.165, 1.54) is 24.3 Å². The Bertz CT molecular complexity index is 877. The number of carbonyl (C=O) groups is 2. The monoisotopic (exact) mass is 344 g/mol. The summed E-state index contributed by atoms with van der Waals surface area (Å²) in [6.45, 7) is 1.58. The lowest BCUT2D eigenvalue weighted by Gasteiger charge is -2.15. The van der Waals surface area contributed by atoms with E-state index < -0.39 is 21.8 Å². The van der Waals surface area contributed by atoms with Crippen molar-refractivity contribution in [3.8, 4) is 0 Å². The molecule has 1 fully saturated rings. The van der Waals surface area contributed by atoms with E-state index in [-0.39, 0.29) is 17.3 Å². The van der Waals surface area contributed by atoms with Crippen molar-refractivity contribution in [2.75, 3.05) is 15.4 Å². The molecule has 1 N–H and O–H groups in total. The number of hydrogen-bond acceptors (Lipinski definition) is 4. The van der Waals surface area contributed by atoms with Crippen molar-refractivity contribution in [2.45, 2.75) is 6.92 Å². The highest BCUT2D eigenvalue weighted by Crippen LogP contribution is 2.28. The molecule has 1 aliphatic rings. The van der Waals surface area contributed by atoms with Crippen LogP contribution in [0.3, 0.4) is 0 Å². The molecular weight excluding hydrogens is 328 g/mol. The van der Waals surface area contributed by atoms with Crippen LogP contribution in [0.15, 0.2) is 54.6 Å². The van der Waals surface area contributed by atoms with E-state index in [4.69, 9.17) is 0 Å². The minimum atomic E-state index is -3.64. The van der Waals surface area contributed by atoms with Crippen molar-refractivity contribution in [1.82, 2.24) is 0 Å². The number of nitrogens with zero attached hydrogens (tertiary/aromatic N) is 1. The van der Waals surface area contributed by atoms with E-state index in [2.05, 4.69) is 5.32 Å². The summed E-state index contributed by atoms with van der Waals surface area (Å²) in [5.74, 6) is -1.51. The van der Waals surface area contributed by atoms with Crippen molar-refractivity contribution >= 4 is 33.2 Å². The predicted octanol–water partition coefficient (Wildman–Crippen LogP) is 2.25. The molecule has 1 saturated heterocycles. The van der Waals surface area contributed by atoms with E-state index in [9.17, 15) is 18.0 Å². The third kappa shape index (κ3) is 3.03. The molecular formula is C17H16N2O4S. The van der Waals surface area contributed by atoms with Crippen LogP contribution in [0.2, 0.25) is 0 Å². The molecule has 0 aromatic heterocycles. The second-order valence-corrected chi connectivity index (χ2v) is 7.51.